The molecule has 0 radical (unpaired) electrons. The first-order valence-electron chi connectivity index (χ1n) is 6.25. The minimum Gasteiger partial charge on any atom is -0.465 e. The van der Waals surface area contributed by atoms with Gasteiger partial charge in [0.05, 0.1) is 18.4 Å². The fourth-order valence-electron chi connectivity index (χ4n) is 2.31. The number of carbonyl (C=O) groups excluding carboxylic acids is 1. The predicted molar refractivity (Wildman–Crippen MR) is 82.7 cm³/mol. The molecule has 0 atom stereocenters. The number of aromatic amines is 1. The zero-order valence-electron chi connectivity index (χ0n) is 11.1. The van der Waals surface area contributed by atoms with Gasteiger partial charge in [0.25, 0.3) is 0 Å². The Morgan fingerprint density at radius 1 is 1.19 bits per heavy atom. The number of benzene rings is 2. The van der Waals surface area contributed by atoms with Gasteiger partial charge in [0.2, 0.25) is 0 Å². The number of H-pyrrole nitrogens is 1. The summed E-state index contributed by atoms with van der Waals surface area (Å²) in [6.07, 6.45) is 0. The molecule has 3 aromatic rings. The van der Waals surface area contributed by atoms with Crippen LogP contribution in [0.5, 0.6) is 0 Å². The molecule has 0 fully saturated rings. The fraction of sp³-hybridized carbons (Fsp3) is 0.0625. The summed E-state index contributed by atoms with van der Waals surface area (Å²) in [7, 11) is 1.31. The molecule has 5 heteroatoms. The first-order valence-corrected chi connectivity index (χ1v) is 7.05. The lowest BCUT2D eigenvalue weighted by Crippen LogP contribution is -2.02. The van der Waals surface area contributed by atoms with Gasteiger partial charge in [-0.05, 0) is 35.9 Å². The van der Waals surface area contributed by atoms with Gasteiger partial charge in [-0.15, -0.1) is 0 Å². The third kappa shape index (κ3) is 2.45. The Morgan fingerprint density at radius 3 is 2.57 bits per heavy atom. The van der Waals surface area contributed by atoms with Crippen LogP contribution < -0.4 is 0 Å². The third-order valence-electron chi connectivity index (χ3n) is 3.28. The van der Waals surface area contributed by atoms with Crippen LogP contribution in [0, 0.1) is 5.82 Å². The average Bonchev–Trinajstić information content (AvgIpc) is 2.85. The lowest BCUT2D eigenvalue weighted by Gasteiger charge is -2.03. The molecule has 0 spiro atoms. The highest BCUT2D eigenvalue weighted by molar-refractivity contribution is 9.10. The van der Waals surface area contributed by atoms with E-state index in [1.165, 1.54) is 19.2 Å². The van der Waals surface area contributed by atoms with Gasteiger partial charge in [-0.2, -0.15) is 0 Å². The maximum absolute atomic E-state index is 13.5. The second kappa shape index (κ2) is 5.33. The number of nitrogens with one attached hydrogen (secondary N) is 1. The van der Waals surface area contributed by atoms with E-state index in [1.54, 1.807) is 6.07 Å². The van der Waals surface area contributed by atoms with Gasteiger partial charge >= 0.3 is 5.97 Å². The van der Waals surface area contributed by atoms with Gasteiger partial charge in [-0.1, -0.05) is 28.1 Å². The van der Waals surface area contributed by atoms with Crippen LogP contribution in [-0.2, 0) is 4.74 Å². The number of methoxy groups -OCH3 is 1. The van der Waals surface area contributed by atoms with E-state index < -0.39 is 11.8 Å². The van der Waals surface area contributed by atoms with Crippen molar-refractivity contribution >= 4 is 32.8 Å². The Kier molecular flexibility index (Phi) is 3.51. The highest BCUT2D eigenvalue weighted by Gasteiger charge is 2.20. The lowest BCUT2D eigenvalue weighted by atomic mass is 10.1. The first-order chi connectivity index (χ1) is 10.1. The van der Waals surface area contributed by atoms with Crippen LogP contribution in [0.25, 0.3) is 22.2 Å². The van der Waals surface area contributed by atoms with E-state index in [4.69, 9.17) is 4.74 Å². The Labute approximate surface area is 128 Å². The molecular formula is C16H11BrFNO2. The fourth-order valence-corrected chi connectivity index (χ4v) is 2.58. The number of fused-ring (bicyclic) bond motifs is 1. The number of carbonyl (C=O) groups is 1. The second-order valence-electron chi connectivity index (χ2n) is 4.56. The lowest BCUT2D eigenvalue weighted by molar-refractivity contribution is 0.0604. The maximum Gasteiger partial charge on any atom is 0.340 e. The summed E-state index contributed by atoms with van der Waals surface area (Å²) >= 11 is 3.37. The summed E-state index contributed by atoms with van der Waals surface area (Å²) in [5, 5.41) is 0.514. The first kappa shape index (κ1) is 13.8. The van der Waals surface area contributed by atoms with Crippen LogP contribution in [0.2, 0.25) is 0 Å². The molecule has 21 heavy (non-hydrogen) atoms. The normalized spacial score (nSPS) is 10.8. The number of hydrogen-bond acceptors (Lipinski definition) is 2. The van der Waals surface area contributed by atoms with Gasteiger partial charge in [-0.3, -0.25) is 0 Å². The Hall–Kier alpha value is -2.14. The summed E-state index contributed by atoms with van der Waals surface area (Å²) in [4.78, 5) is 15.2. The van der Waals surface area contributed by atoms with E-state index >= 15 is 0 Å². The maximum atomic E-state index is 13.5. The molecule has 1 N–H and O–H groups in total. The minimum absolute atomic E-state index is 0.342. The standard InChI is InChI=1S/C16H11BrFNO2/c1-21-16(20)14-12-8-11(18)6-7-13(12)19-15(14)9-2-4-10(17)5-3-9/h2-8,19H,1H3. The SMILES string of the molecule is COC(=O)c1c(-c2ccc(Br)cc2)[nH]c2ccc(F)cc12. The number of esters is 1. The monoisotopic (exact) mass is 347 g/mol. The van der Waals surface area contributed by atoms with Gasteiger partial charge in [-0.25, -0.2) is 9.18 Å². The number of aromatic nitrogens is 1. The van der Waals surface area contributed by atoms with Crippen LogP contribution in [0.15, 0.2) is 46.9 Å². The molecule has 3 rings (SSSR count). The van der Waals surface area contributed by atoms with Crippen molar-refractivity contribution in [3.05, 3.63) is 58.3 Å². The van der Waals surface area contributed by atoms with Crippen molar-refractivity contribution in [2.45, 2.75) is 0 Å². The molecule has 0 saturated carbocycles. The van der Waals surface area contributed by atoms with Gasteiger partial charge in [0.1, 0.15) is 5.82 Å². The molecule has 0 amide bonds. The Bertz CT molecular complexity index is 824. The molecular weight excluding hydrogens is 337 g/mol. The van der Waals surface area contributed by atoms with Gasteiger partial charge in [0.15, 0.2) is 0 Å². The molecule has 1 heterocycles. The van der Waals surface area contributed by atoms with Crippen LogP contribution >= 0.6 is 15.9 Å². The van der Waals surface area contributed by atoms with Crippen molar-refractivity contribution in [3.8, 4) is 11.3 Å². The van der Waals surface area contributed by atoms with Crippen LogP contribution in [0.4, 0.5) is 4.39 Å². The summed E-state index contributed by atoms with van der Waals surface area (Å²) in [5.74, 6) is -0.890. The van der Waals surface area contributed by atoms with E-state index in [0.29, 0.717) is 22.2 Å². The molecule has 0 bridgehead atoms. The van der Waals surface area contributed by atoms with Crippen molar-refractivity contribution in [1.29, 1.82) is 0 Å². The smallest absolute Gasteiger partial charge is 0.340 e. The third-order valence-corrected chi connectivity index (χ3v) is 3.81. The predicted octanol–water partition coefficient (Wildman–Crippen LogP) is 4.52. The van der Waals surface area contributed by atoms with Crippen molar-refractivity contribution in [2.24, 2.45) is 0 Å². The topological polar surface area (TPSA) is 42.1 Å². The number of halogens is 2. The molecule has 0 aliphatic rings. The average molecular weight is 348 g/mol. The van der Waals surface area contributed by atoms with Gasteiger partial charge in [0, 0.05) is 15.4 Å². The van der Waals surface area contributed by atoms with E-state index in [2.05, 4.69) is 20.9 Å². The molecule has 0 saturated heterocycles. The summed E-state index contributed by atoms with van der Waals surface area (Å²) in [6, 6.07) is 11.8. The number of hydrogen-bond donors (Lipinski definition) is 1. The molecule has 0 aliphatic heterocycles. The second-order valence-corrected chi connectivity index (χ2v) is 5.48. The van der Waals surface area contributed by atoms with E-state index in [-0.39, 0.29) is 0 Å². The molecule has 0 aliphatic carbocycles. The van der Waals surface area contributed by atoms with E-state index in [9.17, 15) is 9.18 Å². The Morgan fingerprint density at radius 2 is 1.90 bits per heavy atom. The summed E-state index contributed by atoms with van der Waals surface area (Å²) in [5.41, 5.74) is 2.48. The zero-order chi connectivity index (χ0) is 15.0. The van der Waals surface area contributed by atoms with Crippen LogP contribution in [0.3, 0.4) is 0 Å². The molecule has 2 aromatic carbocycles. The number of rotatable bonds is 2. The van der Waals surface area contributed by atoms with Crippen molar-refractivity contribution < 1.29 is 13.9 Å². The molecule has 0 unspecified atom stereocenters. The van der Waals surface area contributed by atoms with Gasteiger partial charge < -0.3 is 9.72 Å². The molecule has 106 valence electrons. The number of ether oxygens (including phenoxy) is 1. The van der Waals surface area contributed by atoms with Crippen molar-refractivity contribution in [3.63, 3.8) is 0 Å². The quantitative estimate of drug-likeness (QED) is 0.692. The summed E-state index contributed by atoms with van der Waals surface area (Å²) < 4.78 is 19.3. The zero-order valence-corrected chi connectivity index (χ0v) is 12.7. The minimum atomic E-state index is -0.496. The Balaban J connectivity index is 2.30. The highest BCUT2D eigenvalue weighted by atomic mass is 79.9. The molecule has 3 nitrogen and oxygen atoms in total. The largest absolute Gasteiger partial charge is 0.465 e. The van der Waals surface area contributed by atoms with Crippen molar-refractivity contribution in [1.82, 2.24) is 4.98 Å². The summed E-state index contributed by atoms with van der Waals surface area (Å²) in [6.45, 7) is 0. The van der Waals surface area contributed by atoms with Crippen LogP contribution in [0.1, 0.15) is 10.4 Å². The van der Waals surface area contributed by atoms with Crippen LogP contribution in [-0.4, -0.2) is 18.1 Å². The van der Waals surface area contributed by atoms with E-state index in [0.717, 1.165) is 10.0 Å². The van der Waals surface area contributed by atoms with Crippen molar-refractivity contribution in [2.75, 3.05) is 7.11 Å². The highest BCUT2D eigenvalue weighted by Crippen LogP contribution is 2.32. The van der Waals surface area contributed by atoms with E-state index in [1.807, 2.05) is 24.3 Å². The molecule has 1 aromatic heterocycles.